The molecule has 0 aliphatic rings. The third kappa shape index (κ3) is 3.99. The Morgan fingerprint density at radius 3 is 2.50 bits per heavy atom. The van der Waals surface area contributed by atoms with Crippen molar-refractivity contribution >= 4 is 23.2 Å². The van der Waals surface area contributed by atoms with Gasteiger partial charge in [0.05, 0.1) is 5.69 Å². The first-order chi connectivity index (χ1) is 10.6. The molecule has 114 valence electrons. The predicted molar refractivity (Wildman–Crippen MR) is 84.8 cm³/mol. The lowest BCUT2D eigenvalue weighted by Gasteiger charge is -2.10. The number of nitrogen functional groups attached to an aromatic ring is 1. The Balaban J connectivity index is 1.94. The van der Waals surface area contributed by atoms with E-state index in [1.165, 1.54) is 13.1 Å². The minimum absolute atomic E-state index is 0.168. The molecule has 0 bridgehead atoms. The van der Waals surface area contributed by atoms with E-state index in [2.05, 4.69) is 10.6 Å². The molecule has 0 atom stereocenters. The zero-order chi connectivity index (χ0) is 15.9. The monoisotopic (exact) mass is 299 g/mol. The molecule has 4 N–H and O–H groups in total. The molecule has 0 radical (unpaired) electrons. The molecule has 2 rings (SSSR count). The van der Waals surface area contributed by atoms with Crippen molar-refractivity contribution in [3.05, 3.63) is 54.1 Å². The van der Waals surface area contributed by atoms with Crippen molar-refractivity contribution in [1.29, 1.82) is 0 Å². The highest BCUT2D eigenvalue weighted by Crippen LogP contribution is 2.22. The van der Waals surface area contributed by atoms with Gasteiger partial charge in [-0.05, 0) is 30.3 Å². The number of rotatable bonds is 5. The van der Waals surface area contributed by atoms with Gasteiger partial charge in [0.15, 0.2) is 6.61 Å². The summed E-state index contributed by atoms with van der Waals surface area (Å²) in [6, 6.07) is 13.7. The van der Waals surface area contributed by atoms with Gasteiger partial charge in [0.2, 0.25) is 0 Å². The van der Waals surface area contributed by atoms with E-state index in [4.69, 9.17) is 10.5 Å². The number of para-hydroxylation sites is 1. The van der Waals surface area contributed by atoms with Crippen LogP contribution >= 0.6 is 0 Å². The number of benzene rings is 2. The van der Waals surface area contributed by atoms with Gasteiger partial charge in [-0.1, -0.05) is 18.2 Å². The van der Waals surface area contributed by atoms with Crippen LogP contribution in [0.3, 0.4) is 0 Å². The predicted octanol–water partition coefficient (Wildman–Crippen LogP) is 1.65. The summed E-state index contributed by atoms with van der Waals surface area (Å²) in [7, 11) is 1.54. The highest BCUT2D eigenvalue weighted by atomic mass is 16.5. The Morgan fingerprint density at radius 1 is 1.14 bits per heavy atom. The Morgan fingerprint density at radius 2 is 1.86 bits per heavy atom. The van der Waals surface area contributed by atoms with Crippen LogP contribution in [0.15, 0.2) is 48.5 Å². The lowest BCUT2D eigenvalue weighted by atomic mass is 10.2. The highest BCUT2D eigenvalue weighted by Gasteiger charge is 2.09. The van der Waals surface area contributed by atoms with Crippen LogP contribution in [-0.4, -0.2) is 25.5 Å². The Bertz CT molecular complexity index is 672. The normalized spacial score (nSPS) is 9.86. The molecule has 0 fully saturated rings. The summed E-state index contributed by atoms with van der Waals surface area (Å²) in [6.45, 7) is -0.168. The molecule has 0 saturated heterocycles. The van der Waals surface area contributed by atoms with Crippen LogP contribution in [0.25, 0.3) is 0 Å². The van der Waals surface area contributed by atoms with Crippen molar-refractivity contribution in [3.63, 3.8) is 0 Å². The smallest absolute Gasteiger partial charge is 0.262 e. The number of carbonyl (C=O) groups excluding carboxylic acids is 2. The third-order valence-electron chi connectivity index (χ3n) is 2.92. The number of anilines is 2. The zero-order valence-electron chi connectivity index (χ0n) is 12.1. The second kappa shape index (κ2) is 7.12. The van der Waals surface area contributed by atoms with E-state index in [1.54, 1.807) is 24.3 Å². The topological polar surface area (TPSA) is 93.4 Å². The van der Waals surface area contributed by atoms with Crippen molar-refractivity contribution in [2.75, 3.05) is 24.7 Å². The molecule has 2 amide bonds. The number of nitrogens with two attached hydrogens (primary N) is 1. The van der Waals surface area contributed by atoms with Crippen molar-refractivity contribution in [2.45, 2.75) is 0 Å². The van der Waals surface area contributed by atoms with E-state index in [0.29, 0.717) is 22.7 Å². The number of nitrogens with one attached hydrogen (secondary N) is 2. The minimum Gasteiger partial charge on any atom is -0.482 e. The largest absolute Gasteiger partial charge is 0.482 e. The summed E-state index contributed by atoms with van der Waals surface area (Å²) in [6.07, 6.45) is 0. The zero-order valence-corrected chi connectivity index (χ0v) is 12.1. The van der Waals surface area contributed by atoms with Gasteiger partial charge in [-0.2, -0.15) is 0 Å². The molecule has 0 heterocycles. The van der Waals surface area contributed by atoms with Gasteiger partial charge < -0.3 is 21.1 Å². The quantitative estimate of drug-likeness (QED) is 0.732. The van der Waals surface area contributed by atoms with Crippen LogP contribution in [0.2, 0.25) is 0 Å². The molecule has 22 heavy (non-hydrogen) atoms. The van der Waals surface area contributed by atoms with Gasteiger partial charge in [0, 0.05) is 18.3 Å². The Hall–Kier alpha value is -3.02. The minimum atomic E-state index is -0.291. The maximum Gasteiger partial charge on any atom is 0.262 e. The van der Waals surface area contributed by atoms with Gasteiger partial charge in [-0.25, -0.2) is 0 Å². The first-order valence-corrected chi connectivity index (χ1v) is 6.69. The molecule has 6 nitrogen and oxygen atoms in total. The van der Waals surface area contributed by atoms with Gasteiger partial charge in [-0.3, -0.25) is 9.59 Å². The van der Waals surface area contributed by atoms with E-state index in [1.807, 2.05) is 18.2 Å². The summed E-state index contributed by atoms with van der Waals surface area (Å²) in [4.78, 5) is 23.3. The van der Waals surface area contributed by atoms with Gasteiger partial charge in [0.25, 0.3) is 11.8 Å². The van der Waals surface area contributed by atoms with Crippen LogP contribution in [0.4, 0.5) is 11.4 Å². The lowest BCUT2D eigenvalue weighted by Crippen LogP contribution is -2.21. The van der Waals surface area contributed by atoms with Gasteiger partial charge in [-0.15, -0.1) is 0 Å². The number of hydrogen-bond donors (Lipinski definition) is 3. The van der Waals surface area contributed by atoms with Crippen LogP contribution in [0.1, 0.15) is 10.4 Å². The van der Waals surface area contributed by atoms with E-state index in [0.717, 1.165) is 0 Å². The third-order valence-corrected chi connectivity index (χ3v) is 2.92. The van der Waals surface area contributed by atoms with Crippen LogP contribution in [0, 0.1) is 0 Å². The average molecular weight is 299 g/mol. The standard InChI is InChI=1S/C16H17N3O3/c1-18-16(21)11-7-8-14(13(17)9-11)22-10-15(20)19-12-5-3-2-4-6-12/h2-9H,10,17H2,1H3,(H,18,21)(H,19,20). The summed E-state index contributed by atoms with van der Waals surface area (Å²) in [5.41, 5.74) is 7.24. The number of ether oxygens (including phenoxy) is 1. The van der Waals surface area contributed by atoms with Crippen LogP contribution in [0.5, 0.6) is 5.75 Å². The Kier molecular flexibility index (Phi) is 4.98. The fourth-order valence-electron chi connectivity index (χ4n) is 1.83. The van der Waals surface area contributed by atoms with E-state index >= 15 is 0 Å². The molecule has 2 aromatic rings. The fourth-order valence-corrected chi connectivity index (χ4v) is 1.83. The van der Waals surface area contributed by atoms with Gasteiger partial charge in [0.1, 0.15) is 5.75 Å². The van der Waals surface area contributed by atoms with E-state index < -0.39 is 0 Å². The molecular weight excluding hydrogens is 282 g/mol. The lowest BCUT2D eigenvalue weighted by molar-refractivity contribution is -0.118. The molecule has 0 aromatic heterocycles. The number of carbonyl (C=O) groups is 2. The fraction of sp³-hybridized carbons (Fsp3) is 0.125. The first-order valence-electron chi connectivity index (χ1n) is 6.69. The van der Waals surface area contributed by atoms with Crippen molar-refractivity contribution in [3.8, 4) is 5.75 Å². The van der Waals surface area contributed by atoms with Crippen LogP contribution in [-0.2, 0) is 4.79 Å². The maximum atomic E-state index is 11.8. The molecule has 0 aliphatic carbocycles. The maximum absolute atomic E-state index is 11.8. The second-order valence-electron chi connectivity index (χ2n) is 4.53. The molecule has 0 unspecified atom stereocenters. The first kappa shape index (κ1) is 15.4. The molecular formula is C16H17N3O3. The highest BCUT2D eigenvalue weighted by molar-refractivity contribution is 5.95. The number of hydrogen-bond acceptors (Lipinski definition) is 4. The number of amides is 2. The van der Waals surface area contributed by atoms with Gasteiger partial charge >= 0.3 is 0 Å². The Labute approximate surface area is 128 Å². The molecule has 0 saturated carbocycles. The van der Waals surface area contributed by atoms with Crippen molar-refractivity contribution < 1.29 is 14.3 Å². The van der Waals surface area contributed by atoms with Crippen molar-refractivity contribution in [1.82, 2.24) is 5.32 Å². The second-order valence-corrected chi connectivity index (χ2v) is 4.53. The summed E-state index contributed by atoms with van der Waals surface area (Å²) < 4.78 is 5.37. The summed E-state index contributed by atoms with van der Waals surface area (Å²) in [5, 5.41) is 5.21. The molecule has 0 spiro atoms. The molecule has 0 aliphatic heterocycles. The molecule has 6 heteroatoms. The summed E-state index contributed by atoms with van der Waals surface area (Å²) >= 11 is 0. The SMILES string of the molecule is CNC(=O)c1ccc(OCC(=O)Nc2ccccc2)c(N)c1. The van der Waals surface area contributed by atoms with Crippen LogP contribution < -0.4 is 21.1 Å². The van der Waals surface area contributed by atoms with Crippen molar-refractivity contribution in [2.24, 2.45) is 0 Å². The van der Waals surface area contributed by atoms with E-state index in [9.17, 15) is 9.59 Å². The van der Waals surface area contributed by atoms with E-state index in [-0.39, 0.29) is 18.4 Å². The summed E-state index contributed by atoms with van der Waals surface area (Å²) in [5.74, 6) is -0.170. The molecule has 2 aromatic carbocycles. The average Bonchev–Trinajstić information content (AvgIpc) is 2.53.